The van der Waals surface area contributed by atoms with Crippen molar-refractivity contribution in [3.05, 3.63) is 0 Å². The lowest BCUT2D eigenvalue weighted by Crippen LogP contribution is -2.70. The summed E-state index contributed by atoms with van der Waals surface area (Å²) in [7, 11) is -3.25. The molecule has 85 heavy (non-hydrogen) atoms. The molecule has 0 aromatic heterocycles. The first kappa shape index (κ1) is 73.9. The van der Waals surface area contributed by atoms with Crippen molar-refractivity contribution in [1.82, 2.24) is 16.0 Å². The van der Waals surface area contributed by atoms with Crippen LogP contribution in [0, 0.1) is 5.41 Å². The van der Waals surface area contributed by atoms with Gasteiger partial charge in [0.2, 0.25) is 5.91 Å². The van der Waals surface area contributed by atoms with E-state index in [1.165, 1.54) is 14.0 Å². The van der Waals surface area contributed by atoms with Crippen LogP contribution in [0.4, 0.5) is 0 Å². The van der Waals surface area contributed by atoms with E-state index in [4.69, 9.17) is 101 Å². The highest BCUT2D eigenvalue weighted by molar-refractivity contribution is 7.79. The normalized spacial score (nSPS) is 45.1. The predicted molar refractivity (Wildman–Crippen MR) is 278 cm³/mol. The second-order valence-electron chi connectivity index (χ2n) is 20.7. The van der Waals surface area contributed by atoms with Gasteiger partial charge in [0.05, 0.1) is 43.5 Å². The van der Waals surface area contributed by atoms with Gasteiger partial charge in [0.15, 0.2) is 49.0 Å². The SMILES string of the molecule is CN[C@@H]1[C@H](O[C@H]2[C@H](O[C@H]3[C@H](O)[C@@H](O)[C@H](N=C(N)N)[C@@H](O)[C@@H]3NC(=N)N)O[C@@H](C)[C@]2(O)C=O)O[C@@H](CO)[C@H](O)[C@H]1O.NCC[C@H](O)C(=O)N[C@@H]1C[C@H](N)[C@@H](O[C@H]2O[C@H](CN)[C@@H](O)[C@H](O)[C@H]2O)[C@H](O)[C@H]1O[C@H]1O[C@H](CO)[C@@H](O)[C@H](N)[C@H]1O.O=S(=O)(O)O. The van der Waals surface area contributed by atoms with E-state index in [0.717, 1.165) is 0 Å². The molecule has 6 rings (SSSR count). The highest BCUT2D eigenvalue weighted by atomic mass is 32.3. The van der Waals surface area contributed by atoms with Crippen LogP contribution < -0.4 is 56.1 Å². The first-order valence-corrected chi connectivity index (χ1v) is 27.6. The molecule has 2 saturated carbocycles. The lowest BCUT2D eigenvalue weighted by molar-refractivity contribution is -0.332. The number of likely N-dealkylation sites (N-methyl/N-ethyl adjacent to an activating group) is 1. The van der Waals surface area contributed by atoms with Gasteiger partial charge in [-0.25, -0.2) is 4.99 Å². The molecule has 42 heteroatoms. The van der Waals surface area contributed by atoms with Crippen LogP contribution in [0.3, 0.4) is 0 Å². The average Bonchev–Trinajstić information content (AvgIpc) is 1.98. The van der Waals surface area contributed by atoms with E-state index in [2.05, 4.69) is 20.9 Å². The fourth-order valence-corrected chi connectivity index (χ4v) is 10.2. The van der Waals surface area contributed by atoms with Gasteiger partial charge in [0.25, 0.3) is 0 Å². The summed E-state index contributed by atoms with van der Waals surface area (Å²) in [5.41, 5.74) is 36.9. The zero-order valence-corrected chi connectivity index (χ0v) is 46.4. The van der Waals surface area contributed by atoms with Gasteiger partial charge in [-0.1, -0.05) is 0 Å². The molecule has 0 aromatic carbocycles. The summed E-state index contributed by atoms with van der Waals surface area (Å²) < 4.78 is 77.0. The summed E-state index contributed by atoms with van der Waals surface area (Å²) in [6.07, 6.45) is -37.1. The van der Waals surface area contributed by atoms with Crippen LogP contribution in [0.15, 0.2) is 4.99 Å². The van der Waals surface area contributed by atoms with Crippen molar-refractivity contribution in [2.24, 2.45) is 45.1 Å². The van der Waals surface area contributed by atoms with Gasteiger partial charge >= 0.3 is 10.4 Å². The maximum Gasteiger partial charge on any atom is 0.394 e. The Morgan fingerprint density at radius 3 is 1.75 bits per heavy atom. The number of carbonyl (C=O) groups excluding carboxylic acids is 2. The Labute approximate surface area is 483 Å². The maximum atomic E-state index is 12.6. The molecule has 0 unspecified atom stereocenters. The first-order chi connectivity index (χ1) is 39.6. The van der Waals surface area contributed by atoms with Crippen molar-refractivity contribution in [2.45, 2.75) is 209 Å². The third-order valence-electron chi connectivity index (χ3n) is 14.9. The fraction of sp³-hybridized carbons (Fsp3) is 0.907. The molecule has 0 radical (unpaired) electrons. The number of aliphatic hydroxyl groups excluding tert-OH is 14. The molecule has 2 aliphatic carbocycles. The number of aldehydes is 1. The van der Waals surface area contributed by atoms with Gasteiger partial charge in [0.1, 0.15) is 122 Å². The Hall–Kier alpha value is -3.57. The number of carbonyl (C=O) groups is 2. The van der Waals surface area contributed by atoms with Crippen LogP contribution in [0.5, 0.6) is 0 Å². The molecule has 6 aliphatic rings. The van der Waals surface area contributed by atoms with Gasteiger partial charge in [-0.05, 0) is 33.4 Å². The van der Waals surface area contributed by atoms with Crippen molar-refractivity contribution in [3.63, 3.8) is 0 Å². The summed E-state index contributed by atoms with van der Waals surface area (Å²) in [5.74, 6) is -2.01. The highest BCUT2D eigenvalue weighted by Gasteiger charge is 2.61. The van der Waals surface area contributed by atoms with Crippen LogP contribution in [-0.2, 0) is 57.9 Å². The molecule has 31 atom stereocenters. The number of hydrogen-bond donors (Lipinski definition) is 28. The Morgan fingerprint density at radius 2 is 1.22 bits per heavy atom. The summed E-state index contributed by atoms with van der Waals surface area (Å²) in [6.45, 7) is -0.282. The van der Waals surface area contributed by atoms with Crippen molar-refractivity contribution in [1.29, 1.82) is 5.41 Å². The number of aliphatic imine (C=N–C) groups is 1. The second kappa shape index (κ2) is 31.7. The Balaban J connectivity index is 0.000000337. The minimum Gasteiger partial charge on any atom is -0.394 e. The number of hydrogen-bond acceptors (Lipinski definition) is 34. The zero-order valence-electron chi connectivity index (χ0n) is 45.5. The van der Waals surface area contributed by atoms with Crippen molar-refractivity contribution >= 4 is 34.5 Å². The molecule has 41 nitrogen and oxygen atoms in total. The molecular formula is C43H84N12O29S. The highest BCUT2D eigenvalue weighted by Crippen LogP contribution is 2.39. The van der Waals surface area contributed by atoms with Gasteiger partial charge in [-0.15, -0.1) is 0 Å². The molecule has 4 saturated heterocycles. The third kappa shape index (κ3) is 17.9. The topological polar surface area (TPSA) is 740 Å². The quantitative estimate of drug-likeness (QED) is 0.0247. The van der Waals surface area contributed by atoms with E-state index < -0.39 is 231 Å². The van der Waals surface area contributed by atoms with E-state index in [-0.39, 0.29) is 32.2 Å². The second-order valence-corrected chi connectivity index (χ2v) is 21.6. The molecule has 6 fully saturated rings. The Kier molecular flexibility index (Phi) is 27.6. The van der Waals surface area contributed by atoms with Crippen LogP contribution in [-0.4, -0.2) is 341 Å². The van der Waals surface area contributed by atoms with E-state index >= 15 is 0 Å². The lowest BCUT2D eigenvalue weighted by atomic mass is 9.81. The maximum absolute atomic E-state index is 12.6. The molecule has 1 amide bonds. The predicted octanol–water partition coefficient (Wildman–Crippen LogP) is -17.0. The number of aliphatic hydroxyl groups is 15. The number of nitrogens with two attached hydrogens (primary N) is 7. The third-order valence-corrected chi connectivity index (χ3v) is 14.9. The smallest absolute Gasteiger partial charge is 0.394 e. The van der Waals surface area contributed by atoms with Gasteiger partial charge < -0.3 is 171 Å². The molecule has 4 heterocycles. The monoisotopic (exact) mass is 1260 g/mol. The number of rotatable bonds is 19. The van der Waals surface area contributed by atoms with Crippen LogP contribution >= 0.6 is 0 Å². The zero-order chi connectivity index (χ0) is 64.5. The summed E-state index contributed by atoms with van der Waals surface area (Å²) in [6, 6.07) is -7.47. The Bertz CT molecular complexity index is 2260. The number of nitrogens with zero attached hydrogens (tertiary/aromatic N) is 1. The van der Waals surface area contributed by atoms with Crippen LogP contribution in [0.2, 0.25) is 0 Å². The van der Waals surface area contributed by atoms with Crippen molar-refractivity contribution in [3.8, 4) is 0 Å². The molecule has 4 aliphatic heterocycles. The molecule has 0 aromatic rings. The lowest BCUT2D eigenvalue weighted by Gasteiger charge is -2.49. The summed E-state index contributed by atoms with van der Waals surface area (Å²) in [5, 5.41) is 171. The largest absolute Gasteiger partial charge is 0.394 e. The van der Waals surface area contributed by atoms with Gasteiger partial charge in [0, 0.05) is 12.6 Å². The minimum absolute atomic E-state index is 0.0101. The fourth-order valence-electron chi connectivity index (χ4n) is 10.2. The standard InChI is InChI=1S/C22H43N5O13.C21H39N7O12.H2O4S/c23-2-1-8(29)20(36)27-7-3-6(25)18(39-22-16(34)15(33)13(31)9(4-24)37-22)17(35)19(7)40-21-14(32)11(26)12(30)10(5-28)38-21;1-5-21(36,4-30)16(40-17-9(26-2)13(34)10(31)6(3-29)38-17)18(37-5)39-15-8(28-20(24)25)11(32)7(27-19(22)23)12(33)14(15)35;1-5(2,3)4/h6-19,21-22,28-35H,1-5,23-26H2,(H,27,36);4-18,26,29,31-36H,3H2,1-2H3,(H4,22,23,27)(H4,24,25,28);(H2,1,2,3,4)/t6-,7+,8-,9+,10+,11-,12+,13+,14+,15-,16+,17-,18+,19-,21+,22+;5-,6-,7+,8-,9-,10-,11+,12-,13-,14+,15+,16-,17-,18-,21+;/m00./s1. The van der Waals surface area contributed by atoms with E-state index in [0.29, 0.717) is 0 Å². The van der Waals surface area contributed by atoms with E-state index in [9.17, 15) is 86.2 Å². The first-order valence-electron chi connectivity index (χ1n) is 26.2. The number of ether oxygens (including phenoxy) is 8. The van der Waals surface area contributed by atoms with Crippen molar-refractivity contribution in [2.75, 3.05) is 33.4 Å². The number of guanidine groups is 2. The molecule has 0 bridgehead atoms. The average molecular weight is 1270 g/mol. The molecule has 496 valence electrons. The van der Waals surface area contributed by atoms with Crippen molar-refractivity contribution < 1.29 is 142 Å². The van der Waals surface area contributed by atoms with E-state index in [1.54, 1.807) is 0 Å². The summed E-state index contributed by atoms with van der Waals surface area (Å²) in [4.78, 5) is 28.4. The number of nitrogens with one attached hydrogen (secondary N) is 4. The summed E-state index contributed by atoms with van der Waals surface area (Å²) >= 11 is 0. The molecular weight excluding hydrogens is 1180 g/mol. The Morgan fingerprint density at radius 1 is 0.694 bits per heavy atom. The van der Waals surface area contributed by atoms with Gasteiger partial charge in [-0.2, -0.15) is 8.42 Å². The van der Waals surface area contributed by atoms with Gasteiger partial charge in [-0.3, -0.25) is 24.1 Å². The van der Waals surface area contributed by atoms with E-state index in [1.807, 2.05) is 0 Å². The molecule has 35 N–H and O–H groups in total. The molecule has 0 spiro atoms. The number of amides is 1. The minimum atomic E-state index is -4.67. The van der Waals surface area contributed by atoms with Crippen LogP contribution in [0.25, 0.3) is 0 Å². The van der Waals surface area contributed by atoms with Crippen LogP contribution in [0.1, 0.15) is 19.8 Å².